The normalized spacial score (nSPS) is 13.3. The van der Waals surface area contributed by atoms with Crippen LogP contribution in [0.4, 0.5) is 10.2 Å². The van der Waals surface area contributed by atoms with Gasteiger partial charge in [0, 0.05) is 23.6 Å². The van der Waals surface area contributed by atoms with Gasteiger partial charge in [-0.2, -0.15) is 0 Å². The van der Waals surface area contributed by atoms with Crippen LogP contribution in [0.25, 0.3) is 22.5 Å². The van der Waals surface area contributed by atoms with Crippen molar-refractivity contribution in [2.24, 2.45) is 0 Å². The lowest BCUT2D eigenvalue weighted by Crippen LogP contribution is -2.23. The molecule has 0 radical (unpaired) electrons. The zero-order valence-electron chi connectivity index (χ0n) is 15.1. The molecular formula is C19H21FN4O2S. The molecule has 8 heteroatoms. The average Bonchev–Trinajstić information content (AvgIpc) is 3.13. The number of hydrogen-bond donors (Lipinski definition) is 3. The number of nitrogens with one attached hydrogen (secondary N) is 2. The van der Waals surface area contributed by atoms with E-state index >= 15 is 0 Å². The van der Waals surface area contributed by atoms with E-state index in [1.54, 1.807) is 30.7 Å². The first kappa shape index (κ1) is 19.2. The van der Waals surface area contributed by atoms with E-state index in [2.05, 4.69) is 20.3 Å². The number of imidazole rings is 1. The number of anilines is 1. The molecule has 1 aromatic carbocycles. The van der Waals surface area contributed by atoms with Crippen LogP contribution in [-0.2, 0) is 10.8 Å². The van der Waals surface area contributed by atoms with Gasteiger partial charge in [-0.3, -0.25) is 4.21 Å². The van der Waals surface area contributed by atoms with Crippen molar-refractivity contribution in [2.75, 3.05) is 18.2 Å². The molecule has 2 heterocycles. The van der Waals surface area contributed by atoms with Crippen LogP contribution in [0.3, 0.4) is 0 Å². The smallest absolute Gasteiger partial charge is 0.197 e. The second-order valence-electron chi connectivity index (χ2n) is 6.09. The Kier molecular flexibility index (Phi) is 5.98. The molecule has 142 valence electrons. The van der Waals surface area contributed by atoms with Crippen LogP contribution in [0.15, 0.2) is 47.8 Å². The predicted molar refractivity (Wildman–Crippen MR) is 104 cm³/mol. The van der Waals surface area contributed by atoms with Gasteiger partial charge in [0.05, 0.1) is 34.8 Å². The van der Waals surface area contributed by atoms with Crippen molar-refractivity contribution >= 4 is 16.6 Å². The Bertz CT molecular complexity index is 939. The largest absolute Gasteiger partial charge is 0.394 e. The number of hydrogen-bond acceptors (Lipinski definition) is 5. The summed E-state index contributed by atoms with van der Waals surface area (Å²) < 4.78 is 25.2. The monoisotopic (exact) mass is 388 g/mol. The summed E-state index contributed by atoms with van der Waals surface area (Å²) in [4.78, 5) is 11.9. The lowest BCUT2D eigenvalue weighted by atomic mass is 10.1. The van der Waals surface area contributed by atoms with E-state index < -0.39 is 10.8 Å². The standard InChI is InChI=1S/C19H21FN4O2S/c1-3-15(11-25)22-16-10-13(8-9-21-16)18-17(23-19(24-18)27(2)26)12-4-6-14(20)7-5-12/h4-10,15,25H,3,11H2,1-2H3,(H,21,22)(H,23,24). The molecule has 27 heavy (non-hydrogen) atoms. The second kappa shape index (κ2) is 8.41. The van der Waals surface area contributed by atoms with Gasteiger partial charge in [-0.15, -0.1) is 0 Å². The molecule has 2 unspecified atom stereocenters. The van der Waals surface area contributed by atoms with Crippen LogP contribution >= 0.6 is 0 Å². The fourth-order valence-electron chi connectivity index (χ4n) is 2.66. The van der Waals surface area contributed by atoms with Crippen LogP contribution in [-0.4, -0.2) is 43.2 Å². The van der Waals surface area contributed by atoms with Crippen LogP contribution in [0, 0.1) is 5.82 Å². The highest BCUT2D eigenvalue weighted by molar-refractivity contribution is 7.84. The summed E-state index contributed by atoms with van der Waals surface area (Å²) in [5, 5.41) is 12.9. The molecule has 0 aliphatic heterocycles. The molecule has 3 N–H and O–H groups in total. The fourth-order valence-corrected chi connectivity index (χ4v) is 3.13. The molecule has 2 aromatic heterocycles. The van der Waals surface area contributed by atoms with Crippen molar-refractivity contribution in [1.82, 2.24) is 15.0 Å². The number of aliphatic hydroxyl groups excluding tert-OH is 1. The first-order chi connectivity index (χ1) is 13.0. The van der Waals surface area contributed by atoms with Gasteiger partial charge in [0.2, 0.25) is 0 Å². The minimum absolute atomic E-state index is 0.00457. The SMILES string of the molecule is CCC(CO)Nc1cc(-c2nc(S(C)=O)[nH]c2-c2ccc(F)cc2)ccn1. The summed E-state index contributed by atoms with van der Waals surface area (Å²) >= 11 is 0. The quantitative estimate of drug-likeness (QED) is 0.578. The molecule has 0 aliphatic rings. The van der Waals surface area contributed by atoms with Gasteiger partial charge in [0.15, 0.2) is 5.16 Å². The highest BCUT2D eigenvalue weighted by Gasteiger charge is 2.17. The Morgan fingerprint density at radius 1 is 1.26 bits per heavy atom. The molecule has 3 aromatic rings. The second-order valence-corrected chi connectivity index (χ2v) is 7.38. The summed E-state index contributed by atoms with van der Waals surface area (Å²) in [5.74, 6) is 0.282. The Balaban J connectivity index is 2.05. The number of halogens is 1. The first-order valence-corrected chi connectivity index (χ1v) is 10.1. The molecule has 0 saturated carbocycles. The maximum absolute atomic E-state index is 13.3. The van der Waals surface area contributed by atoms with Gasteiger partial charge in [-0.05, 0) is 42.8 Å². The first-order valence-electron chi connectivity index (χ1n) is 8.55. The van der Waals surface area contributed by atoms with Crippen molar-refractivity contribution < 1.29 is 13.7 Å². The van der Waals surface area contributed by atoms with E-state index in [4.69, 9.17) is 0 Å². The van der Waals surface area contributed by atoms with E-state index in [1.165, 1.54) is 12.1 Å². The fraction of sp³-hybridized carbons (Fsp3) is 0.263. The number of aromatic amines is 1. The Hall–Kier alpha value is -2.58. The summed E-state index contributed by atoms with van der Waals surface area (Å²) in [6.45, 7) is 1.98. The maximum Gasteiger partial charge on any atom is 0.197 e. The zero-order chi connectivity index (χ0) is 19.4. The third-order valence-electron chi connectivity index (χ3n) is 4.19. The summed E-state index contributed by atoms with van der Waals surface area (Å²) in [6, 6.07) is 9.56. The van der Waals surface area contributed by atoms with Crippen LogP contribution < -0.4 is 5.32 Å². The molecule has 0 fully saturated rings. The molecule has 0 bridgehead atoms. The molecule has 2 atom stereocenters. The topological polar surface area (TPSA) is 90.9 Å². The van der Waals surface area contributed by atoms with E-state index in [1.807, 2.05) is 13.0 Å². The number of aliphatic hydroxyl groups is 1. The number of aromatic nitrogens is 3. The van der Waals surface area contributed by atoms with Crippen molar-refractivity contribution in [3.63, 3.8) is 0 Å². The van der Waals surface area contributed by atoms with Gasteiger partial charge in [-0.1, -0.05) is 6.92 Å². The Labute approximate surface area is 159 Å². The molecule has 6 nitrogen and oxygen atoms in total. The van der Waals surface area contributed by atoms with E-state index in [0.29, 0.717) is 22.4 Å². The van der Waals surface area contributed by atoms with Gasteiger partial charge >= 0.3 is 0 Å². The lowest BCUT2D eigenvalue weighted by molar-refractivity contribution is 0.271. The van der Waals surface area contributed by atoms with Crippen LogP contribution in [0.2, 0.25) is 0 Å². The third-order valence-corrected chi connectivity index (χ3v) is 4.92. The highest BCUT2D eigenvalue weighted by Crippen LogP contribution is 2.31. The van der Waals surface area contributed by atoms with E-state index in [-0.39, 0.29) is 18.5 Å². The number of nitrogens with zero attached hydrogens (tertiary/aromatic N) is 2. The van der Waals surface area contributed by atoms with Crippen molar-refractivity contribution in [2.45, 2.75) is 24.5 Å². The van der Waals surface area contributed by atoms with Gasteiger partial charge in [0.1, 0.15) is 11.6 Å². The zero-order valence-corrected chi connectivity index (χ0v) is 15.9. The van der Waals surface area contributed by atoms with Crippen LogP contribution in [0.1, 0.15) is 13.3 Å². The Morgan fingerprint density at radius 3 is 2.63 bits per heavy atom. The molecule has 0 aliphatic carbocycles. The maximum atomic E-state index is 13.3. The minimum atomic E-state index is -1.29. The van der Waals surface area contributed by atoms with Crippen molar-refractivity contribution in [3.05, 3.63) is 48.4 Å². The molecule has 0 saturated heterocycles. The number of benzene rings is 1. The third kappa shape index (κ3) is 4.40. The minimum Gasteiger partial charge on any atom is -0.394 e. The number of H-pyrrole nitrogens is 1. The van der Waals surface area contributed by atoms with E-state index in [0.717, 1.165) is 17.5 Å². The molecular weight excluding hydrogens is 367 g/mol. The Morgan fingerprint density at radius 2 is 2.00 bits per heavy atom. The molecule has 0 spiro atoms. The summed E-state index contributed by atoms with van der Waals surface area (Å²) in [5.41, 5.74) is 2.78. The summed E-state index contributed by atoms with van der Waals surface area (Å²) in [7, 11) is -1.29. The lowest BCUT2D eigenvalue weighted by Gasteiger charge is -2.15. The van der Waals surface area contributed by atoms with Gasteiger partial charge in [-0.25, -0.2) is 14.4 Å². The highest BCUT2D eigenvalue weighted by atomic mass is 32.2. The molecule has 3 rings (SSSR count). The molecule has 0 amide bonds. The predicted octanol–water partition coefficient (Wildman–Crippen LogP) is 3.20. The van der Waals surface area contributed by atoms with Gasteiger partial charge < -0.3 is 15.4 Å². The summed E-state index contributed by atoms with van der Waals surface area (Å²) in [6.07, 6.45) is 3.95. The number of pyridine rings is 1. The van der Waals surface area contributed by atoms with Crippen molar-refractivity contribution in [3.8, 4) is 22.5 Å². The number of rotatable bonds is 7. The van der Waals surface area contributed by atoms with E-state index in [9.17, 15) is 13.7 Å². The van der Waals surface area contributed by atoms with Gasteiger partial charge in [0.25, 0.3) is 0 Å². The van der Waals surface area contributed by atoms with Crippen LogP contribution in [0.5, 0.6) is 0 Å². The van der Waals surface area contributed by atoms with Crippen molar-refractivity contribution in [1.29, 1.82) is 0 Å². The average molecular weight is 388 g/mol.